The monoisotopic (exact) mass is 253 g/mol. The largest absolute Gasteiger partial charge is 0.383 e. The maximum atomic E-state index is 5.98. The van der Waals surface area contributed by atoms with E-state index in [1.165, 1.54) is 5.56 Å². The van der Waals surface area contributed by atoms with Crippen LogP contribution in [0.3, 0.4) is 0 Å². The molecule has 0 saturated carbocycles. The summed E-state index contributed by atoms with van der Waals surface area (Å²) in [6.45, 7) is 2.55. The van der Waals surface area contributed by atoms with E-state index in [0.717, 1.165) is 16.3 Å². The highest BCUT2D eigenvalue weighted by Crippen LogP contribution is 2.22. The molecule has 96 valence electrons. The quantitative estimate of drug-likeness (QED) is 0.676. The third-order valence-corrected chi connectivity index (χ3v) is 3.08. The van der Waals surface area contributed by atoms with E-state index in [0.29, 0.717) is 30.3 Å². The average molecular weight is 253 g/mol. The Balaban J connectivity index is 2.31. The molecule has 0 aliphatic carbocycles. The number of rotatable bonds is 2. The number of hydrogen-bond acceptors (Lipinski definition) is 5. The molecule has 0 bridgehead atoms. The number of aromatic nitrogens is 3. The van der Waals surface area contributed by atoms with Gasteiger partial charge in [0.15, 0.2) is 5.65 Å². The second kappa shape index (κ2) is 4.44. The Morgan fingerprint density at radius 2 is 1.95 bits per heavy atom. The number of fused-ring (bicyclic) bond motifs is 2. The molecule has 5 nitrogen and oxygen atoms in total. The van der Waals surface area contributed by atoms with Crippen LogP contribution in [0.5, 0.6) is 0 Å². The maximum absolute atomic E-state index is 5.98. The summed E-state index contributed by atoms with van der Waals surface area (Å²) in [5.74, 6) is 1.11. The maximum Gasteiger partial charge on any atom is 0.165 e. The Kier molecular flexibility index (Phi) is 2.76. The minimum absolute atomic E-state index is 0.462. The van der Waals surface area contributed by atoms with E-state index in [2.05, 4.69) is 21.0 Å². The standard InChI is InChI=1S/C14H15N5/c1-8-2-3-11-9(6-8)7-10-13(16)18-12(4-5-15)19-14(10)17-11/h2-3,6-7H,4-5,15H2,1H3,(H2,16,17,18,19). The fourth-order valence-electron chi connectivity index (χ4n) is 2.15. The van der Waals surface area contributed by atoms with Crippen LogP contribution in [0.1, 0.15) is 11.4 Å². The topological polar surface area (TPSA) is 90.7 Å². The molecular formula is C14H15N5. The SMILES string of the molecule is Cc1ccc2nc3nc(CCN)nc(N)c3cc2c1. The second-order valence-electron chi connectivity index (χ2n) is 4.62. The normalized spacial score (nSPS) is 11.3. The van der Waals surface area contributed by atoms with Crippen LogP contribution in [0.25, 0.3) is 21.9 Å². The van der Waals surface area contributed by atoms with Gasteiger partial charge in [0.25, 0.3) is 0 Å². The van der Waals surface area contributed by atoms with Crippen molar-refractivity contribution in [2.45, 2.75) is 13.3 Å². The number of anilines is 1. The van der Waals surface area contributed by atoms with Gasteiger partial charge in [-0.05, 0) is 31.7 Å². The molecule has 0 amide bonds. The lowest BCUT2D eigenvalue weighted by Crippen LogP contribution is -2.08. The number of nitrogens with two attached hydrogens (primary N) is 2. The number of pyridine rings is 1. The van der Waals surface area contributed by atoms with Crippen molar-refractivity contribution >= 4 is 27.8 Å². The molecule has 2 aromatic heterocycles. The van der Waals surface area contributed by atoms with Crippen LogP contribution >= 0.6 is 0 Å². The lowest BCUT2D eigenvalue weighted by molar-refractivity contribution is 0.879. The Bertz CT molecular complexity index is 766. The molecule has 0 atom stereocenters. The molecule has 0 fully saturated rings. The van der Waals surface area contributed by atoms with Gasteiger partial charge in [-0.3, -0.25) is 0 Å². The Hall–Kier alpha value is -2.27. The van der Waals surface area contributed by atoms with Gasteiger partial charge in [-0.15, -0.1) is 0 Å². The molecule has 0 aliphatic rings. The summed E-state index contributed by atoms with van der Waals surface area (Å²) in [4.78, 5) is 13.2. The van der Waals surface area contributed by atoms with Crippen LogP contribution < -0.4 is 11.5 Å². The van der Waals surface area contributed by atoms with E-state index in [9.17, 15) is 0 Å². The van der Waals surface area contributed by atoms with Crippen LogP contribution in [-0.2, 0) is 6.42 Å². The molecule has 19 heavy (non-hydrogen) atoms. The molecule has 0 aliphatic heterocycles. The first kappa shape index (κ1) is 11.8. The van der Waals surface area contributed by atoms with Crippen LogP contribution in [0.2, 0.25) is 0 Å². The van der Waals surface area contributed by atoms with Gasteiger partial charge in [-0.1, -0.05) is 11.6 Å². The Morgan fingerprint density at radius 1 is 1.11 bits per heavy atom. The van der Waals surface area contributed by atoms with Gasteiger partial charge in [0, 0.05) is 11.8 Å². The van der Waals surface area contributed by atoms with Crippen LogP contribution in [0, 0.1) is 6.92 Å². The van der Waals surface area contributed by atoms with Crippen molar-refractivity contribution in [1.29, 1.82) is 0 Å². The Morgan fingerprint density at radius 3 is 2.74 bits per heavy atom. The first-order valence-corrected chi connectivity index (χ1v) is 6.21. The smallest absolute Gasteiger partial charge is 0.165 e. The number of benzene rings is 1. The van der Waals surface area contributed by atoms with E-state index in [1.807, 2.05) is 25.1 Å². The predicted molar refractivity (Wildman–Crippen MR) is 76.7 cm³/mol. The summed E-state index contributed by atoms with van der Waals surface area (Å²) >= 11 is 0. The van der Waals surface area contributed by atoms with Gasteiger partial charge in [-0.2, -0.15) is 0 Å². The summed E-state index contributed by atoms with van der Waals surface area (Å²) in [5, 5.41) is 1.84. The third kappa shape index (κ3) is 2.08. The molecule has 0 radical (unpaired) electrons. The van der Waals surface area contributed by atoms with Crippen molar-refractivity contribution in [2.24, 2.45) is 5.73 Å². The molecular weight excluding hydrogens is 238 g/mol. The average Bonchev–Trinajstić information content (AvgIpc) is 2.37. The molecule has 3 aromatic rings. The summed E-state index contributed by atoms with van der Waals surface area (Å²) in [6, 6.07) is 8.10. The number of hydrogen-bond donors (Lipinski definition) is 2. The molecule has 2 heterocycles. The highest BCUT2D eigenvalue weighted by Gasteiger charge is 2.08. The van der Waals surface area contributed by atoms with Gasteiger partial charge >= 0.3 is 0 Å². The minimum Gasteiger partial charge on any atom is -0.383 e. The molecule has 0 unspecified atom stereocenters. The van der Waals surface area contributed by atoms with E-state index >= 15 is 0 Å². The van der Waals surface area contributed by atoms with Gasteiger partial charge < -0.3 is 11.5 Å². The molecule has 0 saturated heterocycles. The van der Waals surface area contributed by atoms with Gasteiger partial charge in [0.05, 0.1) is 10.9 Å². The fraction of sp³-hybridized carbons (Fsp3) is 0.214. The molecule has 5 heteroatoms. The number of nitrogen functional groups attached to an aromatic ring is 1. The zero-order valence-electron chi connectivity index (χ0n) is 10.7. The summed E-state index contributed by atoms with van der Waals surface area (Å²) in [6.07, 6.45) is 0.605. The summed E-state index contributed by atoms with van der Waals surface area (Å²) in [5.41, 5.74) is 14.2. The van der Waals surface area contributed by atoms with Crippen LogP contribution in [0.15, 0.2) is 24.3 Å². The van der Waals surface area contributed by atoms with Crippen molar-refractivity contribution in [3.05, 3.63) is 35.7 Å². The third-order valence-electron chi connectivity index (χ3n) is 3.08. The highest BCUT2D eigenvalue weighted by atomic mass is 15.0. The zero-order valence-corrected chi connectivity index (χ0v) is 10.7. The van der Waals surface area contributed by atoms with Crippen LogP contribution in [0.4, 0.5) is 5.82 Å². The van der Waals surface area contributed by atoms with Crippen molar-refractivity contribution in [1.82, 2.24) is 15.0 Å². The zero-order chi connectivity index (χ0) is 13.4. The fourth-order valence-corrected chi connectivity index (χ4v) is 2.15. The lowest BCUT2D eigenvalue weighted by Gasteiger charge is -2.06. The van der Waals surface area contributed by atoms with E-state index in [4.69, 9.17) is 11.5 Å². The predicted octanol–water partition coefficient (Wildman–Crippen LogP) is 1.57. The number of aryl methyl sites for hydroxylation is 1. The number of nitrogens with zero attached hydrogens (tertiary/aromatic N) is 3. The van der Waals surface area contributed by atoms with Crippen molar-refractivity contribution in [2.75, 3.05) is 12.3 Å². The molecule has 0 spiro atoms. The van der Waals surface area contributed by atoms with E-state index < -0.39 is 0 Å². The Labute approximate surface area is 110 Å². The van der Waals surface area contributed by atoms with Crippen molar-refractivity contribution in [3.8, 4) is 0 Å². The summed E-state index contributed by atoms with van der Waals surface area (Å²) in [7, 11) is 0. The van der Waals surface area contributed by atoms with Crippen LogP contribution in [-0.4, -0.2) is 21.5 Å². The first-order chi connectivity index (χ1) is 9.17. The molecule has 1 aromatic carbocycles. The highest BCUT2D eigenvalue weighted by molar-refractivity contribution is 5.95. The van der Waals surface area contributed by atoms with Gasteiger partial charge in [-0.25, -0.2) is 15.0 Å². The van der Waals surface area contributed by atoms with Crippen molar-refractivity contribution in [3.63, 3.8) is 0 Å². The second-order valence-corrected chi connectivity index (χ2v) is 4.62. The summed E-state index contributed by atoms with van der Waals surface area (Å²) < 4.78 is 0. The lowest BCUT2D eigenvalue weighted by atomic mass is 10.1. The molecule has 4 N–H and O–H groups in total. The van der Waals surface area contributed by atoms with Gasteiger partial charge in [0.2, 0.25) is 0 Å². The first-order valence-electron chi connectivity index (χ1n) is 6.21. The van der Waals surface area contributed by atoms with E-state index in [1.54, 1.807) is 0 Å². The molecule has 3 rings (SSSR count). The van der Waals surface area contributed by atoms with E-state index in [-0.39, 0.29) is 0 Å². The van der Waals surface area contributed by atoms with Crippen molar-refractivity contribution < 1.29 is 0 Å². The van der Waals surface area contributed by atoms with Gasteiger partial charge in [0.1, 0.15) is 11.6 Å². The minimum atomic E-state index is 0.462.